The molecule has 5 heteroatoms. The fourth-order valence-electron chi connectivity index (χ4n) is 1.53. The van der Waals surface area contributed by atoms with Crippen LogP contribution in [0.1, 0.15) is 0 Å². The lowest BCUT2D eigenvalue weighted by atomic mass is 10.3. The van der Waals surface area contributed by atoms with Gasteiger partial charge in [0.2, 0.25) is 0 Å². The number of hydrogen-bond acceptors (Lipinski definition) is 2. The lowest BCUT2D eigenvalue weighted by molar-refractivity contribution is 0.331. The Morgan fingerprint density at radius 1 is 1.11 bits per heavy atom. The smallest absolute Gasteiger partial charge is 0.145 e. The van der Waals surface area contributed by atoms with E-state index in [9.17, 15) is 4.39 Å². The van der Waals surface area contributed by atoms with Crippen LogP contribution in [0.5, 0.6) is 5.75 Å². The van der Waals surface area contributed by atoms with Crippen molar-refractivity contribution in [3.05, 3.63) is 58.3 Å². The molecule has 1 N–H and O–H groups in total. The van der Waals surface area contributed by atoms with Crippen molar-refractivity contribution in [2.24, 2.45) is 0 Å². The first-order valence-corrected chi connectivity index (χ1v) is 6.48. The molecule has 0 aliphatic heterocycles. The van der Waals surface area contributed by atoms with Crippen LogP contribution in [0.25, 0.3) is 0 Å². The molecule has 0 radical (unpaired) electrons. The first-order chi connectivity index (χ1) is 9.15. The molecule has 0 aliphatic carbocycles. The van der Waals surface area contributed by atoms with Crippen molar-refractivity contribution in [2.45, 2.75) is 0 Å². The Bertz CT molecular complexity index is 563. The summed E-state index contributed by atoms with van der Waals surface area (Å²) in [4.78, 5) is 0. The Balaban J connectivity index is 1.79. The van der Waals surface area contributed by atoms with E-state index >= 15 is 0 Å². The summed E-state index contributed by atoms with van der Waals surface area (Å²) >= 11 is 11.4. The van der Waals surface area contributed by atoms with E-state index in [1.54, 1.807) is 12.1 Å². The summed E-state index contributed by atoms with van der Waals surface area (Å²) in [5.41, 5.74) is 0.915. The molecule has 100 valence electrons. The van der Waals surface area contributed by atoms with Gasteiger partial charge in [0.05, 0.1) is 5.02 Å². The Morgan fingerprint density at radius 3 is 2.68 bits per heavy atom. The van der Waals surface area contributed by atoms with E-state index in [-0.39, 0.29) is 5.02 Å². The quantitative estimate of drug-likeness (QED) is 0.813. The van der Waals surface area contributed by atoms with Gasteiger partial charge in [-0.2, -0.15) is 0 Å². The zero-order valence-electron chi connectivity index (χ0n) is 10.00. The van der Waals surface area contributed by atoms with Crippen LogP contribution in [-0.4, -0.2) is 13.2 Å². The molecule has 2 aromatic rings. The lowest BCUT2D eigenvalue weighted by Crippen LogP contribution is -2.11. The van der Waals surface area contributed by atoms with Gasteiger partial charge in [-0.1, -0.05) is 29.3 Å². The molecular formula is C14H12Cl2FNO. The van der Waals surface area contributed by atoms with Gasteiger partial charge in [0.15, 0.2) is 0 Å². The van der Waals surface area contributed by atoms with Gasteiger partial charge in [0, 0.05) is 23.3 Å². The van der Waals surface area contributed by atoms with Crippen molar-refractivity contribution in [2.75, 3.05) is 18.5 Å². The molecule has 0 fully saturated rings. The Morgan fingerprint density at radius 2 is 1.95 bits per heavy atom. The van der Waals surface area contributed by atoms with Crippen molar-refractivity contribution < 1.29 is 9.13 Å². The van der Waals surface area contributed by atoms with Crippen LogP contribution < -0.4 is 10.1 Å². The van der Waals surface area contributed by atoms with Crippen molar-refractivity contribution >= 4 is 28.9 Å². The summed E-state index contributed by atoms with van der Waals surface area (Å²) in [6, 6.07) is 11.8. The third-order valence-electron chi connectivity index (χ3n) is 2.42. The van der Waals surface area contributed by atoms with Crippen LogP contribution in [0, 0.1) is 5.82 Å². The molecule has 0 atom stereocenters. The molecule has 0 heterocycles. The normalized spacial score (nSPS) is 10.3. The van der Waals surface area contributed by atoms with Crippen molar-refractivity contribution in [1.82, 2.24) is 0 Å². The van der Waals surface area contributed by atoms with E-state index in [1.165, 1.54) is 12.1 Å². The molecule has 0 aliphatic rings. The van der Waals surface area contributed by atoms with Gasteiger partial charge in [-0.3, -0.25) is 0 Å². The molecule has 0 spiro atoms. The SMILES string of the molecule is Fc1cc(OCCNc2cccc(Cl)c2)ccc1Cl. The maximum Gasteiger partial charge on any atom is 0.145 e. The highest BCUT2D eigenvalue weighted by Crippen LogP contribution is 2.20. The van der Waals surface area contributed by atoms with Crippen LogP contribution in [0.3, 0.4) is 0 Å². The van der Waals surface area contributed by atoms with Crippen molar-refractivity contribution in [3.63, 3.8) is 0 Å². The second-order valence-corrected chi connectivity index (χ2v) is 4.71. The highest BCUT2D eigenvalue weighted by molar-refractivity contribution is 6.31. The molecule has 0 unspecified atom stereocenters. The number of halogens is 3. The van der Waals surface area contributed by atoms with E-state index in [1.807, 2.05) is 18.2 Å². The van der Waals surface area contributed by atoms with E-state index in [4.69, 9.17) is 27.9 Å². The maximum absolute atomic E-state index is 13.2. The minimum absolute atomic E-state index is 0.0874. The fourth-order valence-corrected chi connectivity index (χ4v) is 1.84. The first kappa shape index (κ1) is 14.0. The maximum atomic E-state index is 13.2. The monoisotopic (exact) mass is 299 g/mol. The predicted molar refractivity (Wildman–Crippen MR) is 76.8 cm³/mol. The number of anilines is 1. The molecule has 0 aromatic heterocycles. The topological polar surface area (TPSA) is 21.3 Å². The minimum atomic E-state index is -0.484. The van der Waals surface area contributed by atoms with Crippen LogP contribution in [0.2, 0.25) is 10.0 Å². The standard InChI is InChI=1S/C14H12Cl2FNO/c15-10-2-1-3-11(8-10)18-6-7-19-12-4-5-13(16)14(17)9-12/h1-5,8-9,18H,6-7H2. The van der Waals surface area contributed by atoms with Gasteiger partial charge in [0.1, 0.15) is 18.2 Å². The molecule has 0 amide bonds. The summed E-state index contributed by atoms with van der Waals surface area (Å²) in [5.74, 6) is -0.0308. The van der Waals surface area contributed by atoms with Crippen LogP contribution in [0.4, 0.5) is 10.1 Å². The van der Waals surface area contributed by atoms with Crippen molar-refractivity contribution in [3.8, 4) is 5.75 Å². The van der Waals surface area contributed by atoms with E-state index in [0.29, 0.717) is 23.9 Å². The molecule has 0 bridgehead atoms. The molecular weight excluding hydrogens is 288 g/mol. The van der Waals surface area contributed by atoms with Gasteiger partial charge < -0.3 is 10.1 Å². The minimum Gasteiger partial charge on any atom is -0.492 e. The Labute approximate surface area is 121 Å². The Hall–Kier alpha value is -1.45. The highest BCUT2D eigenvalue weighted by atomic mass is 35.5. The number of ether oxygens (including phenoxy) is 1. The van der Waals surface area contributed by atoms with Crippen LogP contribution >= 0.6 is 23.2 Å². The summed E-state index contributed by atoms with van der Waals surface area (Å²) in [5, 5.41) is 3.91. The highest BCUT2D eigenvalue weighted by Gasteiger charge is 2.01. The molecule has 2 aromatic carbocycles. The first-order valence-electron chi connectivity index (χ1n) is 5.72. The zero-order valence-corrected chi connectivity index (χ0v) is 11.5. The van der Waals surface area contributed by atoms with Gasteiger partial charge in [-0.25, -0.2) is 4.39 Å². The number of rotatable bonds is 5. The molecule has 0 saturated heterocycles. The van der Waals surface area contributed by atoms with Gasteiger partial charge >= 0.3 is 0 Å². The molecule has 2 nitrogen and oxygen atoms in total. The average molecular weight is 300 g/mol. The number of benzene rings is 2. The fraction of sp³-hybridized carbons (Fsp3) is 0.143. The molecule has 2 rings (SSSR count). The Kier molecular flexibility index (Phi) is 4.88. The number of nitrogens with one attached hydrogen (secondary N) is 1. The summed E-state index contributed by atoms with van der Waals surface area (Å²) in [6.45, 7) is 0.998. The number of hydrogen-bond donors (Lipinski definition) is 1. The second-order valence-electron chi connectivity index (χ2n) is 3.86. The lowest BCUT2D eigenvalue weighted by Gasteiger charge is -2.09. The third-order valence-corrected chi connectivity index (χ3v) is 2.96. The predicted octanol–water partition coefficient (Wildman–Crippen LogP) is 4.62. The molecule has 0 saturated carbocycles. The van der Waals surface area contributed by atoms with Gasteiger partial charge in [0.25, 0.3) is 0 Å². The van der Waals surface area contributed by atoms with Gasteiger partial charge in [-0.05, 0) is 30.3 Å². The van der Waals surface area contributed by atoms with Crippen LogP contribution in [-0.2, 0) is 0 Å². The van der Waals surface area contributed by atoms with Crippen molar-refractivity contribution in [1.29, 1.82) is 0 Å². The molecule has 19 heavy (non-hydrogen) atoms. The van der Waals surface area contributed by atoms with E-state index in [0.717, 1.165) is 5.69 Å². The summed E-state index contributed by atoms with van der Waals surface area (Å²) in [6.07, 6.45) is 0. The van der Waals surface area contributed by atoms with Gasteiger partial charge in [-0.15, -0.1) is 0 Å². The van der Waals surface area contributed by atoms with E-state index < -0.39 is 5.82 Å². The summed E-state index contributed by atoms with van der Waals surface area (Å²) in [7, 11) is 0. The van der Waals surface area contributed by atoms with E-state index in [2.05, 4.69) is 5.32 Å². The second kappa shape index (κ2) is 6.64. The largest absolute Gasteiger partial charge is 0.492 e. The third kappa shape index (κ3) is 4.30. The summed E-state index contributed by atoms with van der Waals surface area (Å²) < 4.78 is 18.6. The average Bonchev–Trinajstić information content (AvgIpc) is 2.39. The zero-order chi connectivity index (χ0) is 13.7. The van der Waals surface area contributed by atoms with Crippen LogP contribution in [0.15, 0.2) is 42.5 Å².